The van der Waals surface area contributed by atoms with Crippen molar-refractivity contribution < 1.29 is 9.47 Å². The van der Waals surface area contributed by atoms with Gasteiger partial charge in [-0.2, -0.15) is 5.26 Å². The van der Waals surface area contributed by atoms with E-state index in [1.807, 2.05) is 53.9 Å². The van der Waals surface area contributed by atoms with Gasteiger partial charge in [0.15, 0.2) is 11.5 Å². The van der Waals surface area contributed by atoms with Crippen molar-refractivity contribution in [2.75, 3.05) is 14.2 Å². The number of hydrogen-bond acceptors (Lipinski definition) is 5. The Bertz CT molecular complexity index is 988. The van der Waals surface area contributed by atoms with E-state index in [9.17, 15) is 5.26 Å². The van der Waals surface area contributed by atoms with Gasteiger partial charge in [0.1, 0.15) is 11.1 Å². The maximum absolute atomic E-state index is 9.54. The number of halogens is 1. The Kier molecular flexibility index (Phi) is 5.91. The van der Waals surface area contributed by atoms with Crippen molar-refractivity contribution in [2.24, 2.45) is 0 Å². The van der Waals surface area contributed by atoms with Crippen LogP contribution < -0.4 is 9.47 Å². The molecule has 130 valence electrons. The molecular formula is C20H15IN2O2S. The molecule has 0 fully saturated rings. The van der Waals surface area contributed by atoms with Crippen molar-refractivity contribution in [2.45, 2.75) is 0 Å². The van der Waals surface area contributed by atoms with Crippen LogP contribution in [0, 0.1) is 14.9 Å². The molecule has 3 rings (SSSR count). The Balaban J connectivity index is 1.93. The summed E-state index contributed by atoms with van der Waals surface area (Å²) in [6.07, 6.45) is 1.85. The highest BCUT2D eigenvalue weighted by Crippen LogP contribution is 2.33. The van der Waals surface area contributed by atoms with Crippen LogP contribution in [0.1, 0.15) is 10.6 Å². The lowest BCUT2D eigenvalue weighted by atomic mass is 10.1. The summed E-state index contributed by atoms with van der Waals surface area (Å²) in [5.74, 6) is 1.32. The molecule has 2 aromatic carbocycles. The summed E-state index contributed by atoms with van der Waals surface area (Å²) in [5, 5.41) is 12.2. The number of methoxy groups -OCH3 is 2. The number of thiazole rings is 1. The zero-order chi connectivity index (χ0) is 18.5. The number of aromatic nitrogens is 1. The highest BCUT2D eigenvalue weighted by atomic mass is 127. The van der Waals surface area contributed by atoms with Crippen LogP contribution in [0.5, 0.6) is 11.5 Å². The van der Waals surface area contributed by atoms with Crippen LogP contribution in [0.15, 0.2) is 47.8 Å². The Hall–Kier alpha value is -2.37. The van der Waals surface area contributed by atoms with Crippen molar-refractivity contribution in [3.63, 3.8) is 0 Å². The van der Waals surface area contributed by atoms with E-state index in [1.54, 1.807) is 14.2 Å². The van der Waals surface area contributed by atoms with Gasteiger partial charge >= 0.3 is 0 Å². The van der Waals surface area contributed by atoms with Crippen LogP contribution in [-0.2, 0) is 0 Å². The molecule has 0 bridgehead atoms. The number of rotatable bonds is 5. The zero-order valence-corrected chi connectivity index (χ0v) is 17.2. The number of benzene rings is 2. The number of hydrogen-bond donors (Lipinski definition) is 0. The lowest BCUT2D eigenvalue weighted by molar-refractivity contribution is 0.355. The van der Waals surface area contributed by atoms with E-state index >= 15 is 0 Å². The Morgan fingerprint density at radius 3 is 2.50 bits per heavy atom. The molecule has 0 atom stereocenters. The number of nitriles is 1. The SMILES string of the molecule is COc1ccc(-c2csc(C(C#N)=Cc3ccc(I)cc3)n2)cc1OC. The van der Waals surface area contributed by atoms with E-state index < -0.39 is 0 Å². The first-order valence-electron chi connectivity index (χ1n) is 7.70. The minimum absolute atomic E-state index is 0.544. The molecule has 0 N–H and O–H groups in total. The molecule has 3 aromatic rings. The third kappa shape index (κ3) is 4.06. The second-order valence-corrected chi connectivity index (χ2v) is 7.43. The van der Waals surface area contributed by atoms with Crippen LogP contribution in [0.2, 0.25) is 0 Å². The van der Waals surface area contributed by atoms with E-state index in [2.05, 4.69) is 33.6 Å². The van der Waals surface area contributed by atoms with Crippen LogP contribution in [0.25, 0.3) is 22.9 Å². The fourth-order valence-electron chi connectivity index (χ4n) is 2.39. The van der Waals surface area contributed by atoms with Crippen LogP contribution in [0.3, 0.4) is 0 Å². The molecule has 0 radical (unpaired) electrons. The number of ether oxygens (including phenoxy) is 2. The highest BCUT2D eigenvalue weighted by molar-refractivity contribution is 14.1. The van der Waals surface area contributed by atoms with E-state index in [4.69, 9.17) is 9.47 Å². The Morgan fingerprint density at radius 2 is 1.85 bits per heavy atom. The first-order valence-corrected chi connectivity index (χ1v) is 9.66. The van der Waals surface area contributed by atoms with E-state index in [1.165, 1.54) is 11.3 Å². The summed E-state index contributed by atoms with van der Waals surface area (Å²) in [6, 6.07) is 15.9. The van der Waals surface area contributed by atoms with E-state index in [0.29, 0.717) is 22.1 Å². The first kappa shape index (κ1) is 18.4. The van der Waals surface area contributed by atoms with E-state index in [-0.39, 0.29) is 0 Å². The van der Waals surface area contributed by atoms with Crippen molar-refractivity contribution in [1.29, 1.82) is 5.26 Å². The second kappa shape index (κ2) is 8.34. The molecule has 0 aliphatic rings. The minimum atomic E-state index is 0.544. The lowest BCUT2D eigenvalue weighted by Crippen LogP contribution is -1.91. The van der Waals surface area contributed by atoms with Crippen molar-refractivity contribution >= 4 is 45.6 Å². The van der Waals surface area contributed by atoms with Gasteiger partial charge < -0.3 is 9.47 Å². The molecular weight excluding hydrogens is 459 g/mol. The summed E-state index contributed by atoms with van der Waals surface area (Å²) in [6.45, 7) is 0. The highest BCUT2D eigenvalue weighted by Gasteiger charge is 2.12. The largest absolute Gasteiger partial charge is 0.493 e. The van der Waals surface area contributed by atoms with Gasteiger partial charge in [-0.05, 0) is 64.6 Å². The first-order chi connectivity index (χ1) is 12.6. The maximum Gasteiger partial charge on any atom is 0.161 e. The number of nitrogens with zero attached hydrogens (tertiary/aromatic N) is 2. The van der Waals surface area contributed by atoms with Gasteiger partial charge in [0.25, 0.3) is 0 Å². The third-order valence-electron chi connectivity index (χ3n) is 3.72. The molecule has 1 heterocycles. The van der Waals surface area contributed by atoms with Gasteiger partial charge in [0.2, 0.25) is 0 Å². The summed E-state index contributed by atoms with van der Waals surface area (Å²) >= 11 is 3.70. The molecule has 1 aromatic heterocycles. The molecule has 26 heavy (non-hydrogen) atoms. The Morgan fingerprint density at radius 1 is 1.12 bits per heavy atom. The standard InChI is InChI=1S/C20H15IN2O2S/c1-24-18-8-5-14(10-19(18)25-2)17-12-26-20(23-17)15(11-22)9-13-3-6-16(21)7-4-13/h3-10,12H,1-2H3. The number of allylic oxidation sites excluding steroid dienone is 1. The lowest BCUT2D eigenvalue weighted by Gasteiger charge is -2.08. The van der Waals surface area contributed by atoms with Gasteiger partial charge in [-0.1, -0.05) is 12.1 Å². The molecule has 6 heteroatoms. The molecule has 0 saturated carbocycles. The third-order valence-corrected chi connectivity index (χ3v) is 5.31. The quantitative estimate of drug-likeness (QED) is 0.362. The van der Waals surface area contributed by atoms with Crippen molar-refractivity contribution in [3.05, 3.63) is 62.0 Å². The second-order valence-electron chi connectivity index (χ2n) is 5.33. The molecule has 4 nitrogen and oxygen atoms in total. The smallest absolute Gasteiger partial charge is 0.161 e. The summed E-state index contributed by atoms with van der Waals surface area (Å²) in [4.78, 5) is 4.63. The molecule has 0 amide bonds. The predicted octanol–water partition coefficient (Wildman–Crippen LogP) is 5.50. The molecule has 0 saturated heterocycles. The molecule has 0 aliphatic heterocycles. The topological polar surface area (TPSA) is 55.1 Å². The van der Waals surface area contributed by atoms with E-state index in [0.717, 1.165) is 20.4 Å². The fourth-order valence-corrected chi connectivity index (χ4v) is 3.55. The maximum atomic E-state index is 9.54. The normalized spacial score (nSPS) is 11.1. The van der Waals surface area contributed by atoms with Gasteiger partial charge in [-0.25, -0.2) is 4.98 Å². The summed E-state index contributed by atoms with van der Waals surface area (Å²) in [7, 11) is 3.21. The predicted molar refractivity (Wildman–Crippen MR) is 113 cm³/mol. The minimum Gasteiger partial charge on any atom is -0.493 e. The van der Waals surface area contributed by atoms with Crippen LogP contribution in [0.4, 0.5) is 0 Å². The monoisotopic (exact) mass is 474 g/mol. The average Bonchev–Trinajstić information content (AvgIpc) is 3.17. The van der Waals surface area contributed by atoms with Crippen molar-refractivity contribution in [3.8, 4) is 28.8 Å². The van der Waals surface area contributed by atoms with Crippen LogP contribution in [-0.4, -0.2) is 19.2 Å². The van der Waals surface area contributed by atoms with Gasteiger partial charge in [0, 0.05) is 14.5 Å². The van der Waals surface area contributed by atoms with Crippen molar-refractivity contribution in [1.82, 2.24) is 4.98 Å². The van der Waals surface area contributed by atoms with Gasteiger partial charge in [-0.3, -0.25) is 0 Å². The molecule has 0 spiro atoms. The Labute approximate surface area is 169 Å². The summed E-state index contributed by atoms with van der Waals surface area (Å²) in [5.41, 5.74) is 3.24. The van der Waals surface area contributed by atoms with Gasteiger partial charge in [-0.15, -0.1) is 11.3 Å². The fraction of sp³-hybridized carbons (Fsp3) is 0.100. The van der Waals surface area contributed by atoms with Crippen LogP contribution >= 0.6 is 33.9 Å². The molecule has 0 unspecified atom stereocenters. The average molecular weight is 474 g/mol. The summed E-state index contributed by atoms with van der Waals surface area (Å²) < 4.78 is 11.8. The zero-order valence-electron chi connectivity index (χ0n) is 14.2. The van der Waals surface area contributed by atoms with Gasteiger partial charge in [0.05, 0.1) is 25.5 Å². The molecule has 0 aliphatic carbocycles.